The molecule has 4 atom stereocenters. The first kappa shape index (κ1) is 20.1. The largest absolute Gasteiger partial charge is 0.389 e. The third-order valence-electron chi connectivity index (χ3n) is 6.45. The van der Waals surface area contributed by atoms with Gasteiger partial charge >= 0.3 is 0 Å². The molecule has 8 heteroatoms. The molecule has 1 aliphatic carbocycles. The number of carbonyl (C=O) groups excluding carboxylic acids is 2. The summed E-state index contributed by atoms with van der Waals surface area (Å²) in [6.45, 7) is 4.26. The van der Waals surface area contributed by atoms with E-state index in [1.54, 1.807) is 0 Å². The van der Waals surface area contributed by atoms with Gasteiger partial charge in [-0.2, -0.15) is 0 Å². The second-order valence-corrected chi connectivity index (χ2v) is 8.79. The number of hydrogen-bond acceptors (Lipinski definition) is 6. The highest BCUT2D eigenvalue weighted by Crippen LogP contribution is 2.35. The zero-order valence-electron chi connectivity index (χ0n) is 16.8. The maximum atomic E-state index is 12.8. The lowest BCUT2D eigenvalue weighted by Gasteiger charge is -2.45. The summed E-state index contributed by atoms with van der Waals surface area (Å²) in [6.07, 6.45) is 2.83. The first-order valence-electron chi connectivity index (χ1n) is 10.7. The third kappa shape index (κ3) is 4.67. The summed E-state index contributed by atoms with van der Waals surface area (Å²) in [5.41, 5.74) is 0. The highest BCUT2D eigenvalue weighted by atomic mass is 16.5. The van der Waals surface area contributed by atoms with E-state index in [-0.39, 0.29) is 42.6 Å². The fourth-order valence-electron chi connectivity index (χ4n) is 4.54. The molecule has 0 radical (unpaired) electrons. The Morgan fingerprint density at radius 2 is 1.79 bits per heavy atom. The van der Waals surface area contributed by atoms with Crippen molar-refractivity contribution in [2.45, 2.75) is 56.5 Å². The summed E-state index contributed by atoms with van der Waals surface area (Å²) < 4.78 is 11.9. The van der Waals surface area contributed by atoms with Crippen molar-refractivity contribution in [1.82, 2.24) is 14.7 Å². The van der Waals surface area contributed by atoms with Gasteiger partial charge < -0.3 is 29.3 Å². The molecule has 2 amide bonds. The molecule has 4 aliphatic rings. The number of aliphatic hydroxyl groups excluding tert-OH is 1. The van der Waals surface area contributed by atoms with Crippen LogP contribution < -0.4 is 0 Å². The van der Waals surface area contributed by atoms with Crippen LogP contribution in [0.1, 0.15) is 32.1 Å². The summed E-state index contributed by atoms with van der Waals surface area (Å²) in [7, 11) is 2.08. The lowest BCUT2D eigenvalue weighted by atomic mass is 9.94. The van der Waals surface area contributed by atoms with Gasteiger partial charge in [0.05, 0.1) is 37.9 Å². The van der Waals surface area contributed by atoms with E-state index in [0.29, 0.717) is 19.6 Å². The van der Waals surface area contributed by atoms with Crippen molar-refractivity contribution in [2.75, 3.05) is 53.0 Å². The van der Waals surface area contributed by atoms with E-state index < -0.39 is 6.10 Å². The number of piperazine rings is 1. The van der Waals surface area contributed by atoms with E-state index in [9.17, 15) is 14.7 Å². The van der Waals surface area contributed by atoms with Crippen LogP contribution in [0.5, 0.6) is 0 Å². The lowest BCUT2D eigenvalue weighted by Crippen LogP contribution is -2.58. The monoisotopic (exact) mass is 395 g/mol. The molecule has 0 aromatic heterocycles. The van der Waals surface area contributed by atoms with Crippen LogP contribution >= 0.6 is 0 Å². The van der Waals surface area contributed by atoms with Crippen molar-refractivity contribution in [3.8, 4) is 0 Å². The molecule has 1 N–H and O–H groups in total. The molecule has 4 rings (SSSR count). The van der Waals surface area contributed by atoms with Crippen LogP contribution in [-0.4, -0.2) is 109 Å². The van der Waals surface area contributed by atoms with Gasteiger partial charge in [0.15, 0.2) is 0 Å². The molecule has 4 fully saturated rings. The van der Waals surface area contributed by atoms with Gasteiger partial charge in [-0.1, -0.05) is 0 Å². The van der Waals surface area contributed by atoms with E-state index >= 15 is 0 Å². The van der Waals surface area contributed by atoms with Crippen LogP contribution in [0.2, 0.25) is 0 Å². The molecule has 3 aliphatic heterocycles. The van der Waals surface area contributed by atoms with E-state index in [2.05, 4.69) is 11.9 Å². The molecule has 158 valence electrons. The fourth-order valence-corrected chi connectivity index (χ4v) is 4.54. The minimum Gasteiger partial charge on any atom is -0.389 e. The number of aliphatic hydroxyl groups is 1. The number of likely N-dealkylation sites (N-methyl/N-ethyl adjacent to an activating group) is 1. The van der Waals surface area contributed by atoms with E-state index in [1.807, 2.05) is 9.80 Å². The Kier molecular flexibility index (Phi) is 6.20. The first-order valence-corrected chi connectivity index (χ1v) is 10.7. The van der Waals surface area contributed by atoms with Gasteiger partial charge in [0.2, 0.25) is 11.8 Å². The Labute approximate surface area is 166 Å². The number of carbonyl (C=O) groups is 2. The van der Waals surface area contributed by atoms with Crippen LogP contribution in [0.15, 0.2) is 0 Å². The molecule has 0 aromatic rings. The van der Waals surface area contributed by atoms with Crippen molar-refractivity contribution in [1.29, 1.82) is 0 Å². The number of β-amino-alcohol motifs (C(OH)–C–C–N with tert-alkyl or cyclic N) is 1. The quantitative estimate of drug-likeness (QED) is 0.706. The minimum atomic E-state index is -0.653. The number of rotatable bonds is 3. The Morgan fingerprint density at radius 1 is 1.04 bits per heavy atom. The number of nitrogens with zero attached hydrogens (tertiary/aromatic N) is 3. The number of amides is 2. The topological polar surface area (TPSA) is 82.6 Å². The molecule has 3 heterocycles. The van der Waals surface area contributed by atoms with Gasteiger partial charge in [-0.25, -0.2) is 0 Å². The molecule has 1 saturated carbocycles. The van der Waals surface area contributed by atoms with Gasteiger partial charge in [0.1, 0.15) is 6.10 Å². The van der Waals surface area contributed by atoms with Crippen molar-refractivity contribution in [3.05, 3.63) is 0 Å². The molecule has 0 spiro atoms. The second-order valence-electron chi connectivity index (χ2n) is 8.79. The normalized spacial score (nSPS) is 35.1. The molecule has 3 saturated heterocycles. The zero-order chi connectivity index (χ0) is 19.7. The fraction of sp³-hybridized carbons (Fsp3) is 0.900. The van der Waals surface area contributed by atoms with Crippen molar-refractivity contribution < 1.29 is 24.2 Å². The first-order chi connectivity index (χ1) is 13.5. The molecule has 8 nitrogen and oxygen atoms in total. The van der Waals surface area contributed by atoms with Crippen molar-refractivity contribution >= 4 is 11.8 Å². The molecule has 28 heavy (non-hydrogen) atoms. The summed E-state index contributed by atoms with van der Waals surface area (Å²) in [4.78, 5) is 31.4. The van der Waals surface area contributed by atoms with Gasteiger partial charge in [0, 0.05) is 38.6 Å². The molecular weight excluding hydrogens is 362 g/mol. The van der Waals surface area contributed by atoms with E-state index in [4.69, 9.17) is 9.47 Å². The summed E-state index contributed by atoms with van der Waals surface area (Å²) in [5, 5.41) is 10.1. The van der Waals surface area contributed by atoms with Crippen LogP contribution in [0, 0.1) is 5.92 Å². The average molecular weight is 396 g/mol. The molecule has 0 aromatic carbocycles. The highest BCUT2D eigenvalue weighted by molar-refractivity contribution is 5.81. The summed E-state index contributed by atoms with van der Waals surface area (Å²) >= 11 is 0. The number of fused-ring (bicyclic) bond motifs is 1. The van der Waals surface area contributed by atoms with E-state index in [1.165, 1.54) is 0 Å². The third-order valence-corrected chi connectivity index (χ3v) is 6.45. The van der Waals surface area contributed by atoms with Crippen LogP contribution in [0.3, 0.4) is 0 Å². The Hall–Kier alpha value is -1.22. The van der Waals surface area contributed by atoms with Crippen LogP contribution in [0.4, 0.5) is 0 Å². The van der Waals surface area contributed by atoms with Gasteiger partial charge in [-0.15, -0.1) is 0 Å². The van der Waals surface area contributed by atoms with Gasteiger partial charge in [0.25, 0.3) is 0 Å². The predicted molar refractivity (Wildman–Crippen MR) is 102 cm³/mol. The summed E-state index contributed by atoms with van der Waals surface area (Å²) in [5.74, 6) is 0.417. The standard InChI is InChI=1S/C20H33N3O5/c1-21-6-8-22(9-7-21)19(25)10-16-4-5-17-18(28-16)13-27-12-15(24)11-23(17)20(26)14-2-3-14/h14-18,24H,2-13H2,1H3/t15-,16-,17-,18+/m1/s1. The smallest absolute Gasteiger partial charge is 0.226 e. The molecule has 0 unspecified atom stereocenters. The Bertz CT molecular complexity index is 576. The maximum absolute atomic E-state index is 12.8. The molecular formula is C20H33N3O5. The van der Waals surface area contributed by atoms with E-state index in [0.717, 1.165) is 51.9 Å². The SMILES string of the molecule is CN1CCN(C(=O)C[C@H]2CC[C@@H]3[C@H](COC[C@H](O)CN3C(=O)C3CC3)O2)CC1. The number of hydrogen-bond donors (Lipinski definition) is 1. The Balaban J connectivity index is 1.36. The lowest BCUT2D eigenvalue weighted by molar-refractivity contribution is -0.171. The minimum absolute atomic E-state index is 0.0713. The Morgan fingerprint density at radius 3 is 2.50 bits per heavy atom. The zero-order valence-corrected chi connectivity index (χ0v) is 16.8. The van der Waals surface area contributed by atoms with Crippen LogP contribution in [-0.2, 0) is 19.1 Å². The predicted octanol–water partition coefficient (Wildman–Crippen LogP) is -0.304. The number of ether oxygens (including phenoxy) is 2. The van der Waals surface area contributed by atoms with Crippen molar-refractivity contribution in [2.24, 2.45) is 5.92 Å². The van der Waals surface area contributed by atoms with Gasteiger partial charge in [-0.3, -0.25) is 9.59 Å². The molecule has 0 bridgehead atoms. The van der Waals surface area contributed by atoms with Crippen LogP contribution in [0.25, 0.3) is 0 Å². The average Bonchev–Trinajstić information content (AvgIpc) is 3.50. The maximum Gasteiger partial charge on any atom is 0.226 e. The highest BCUT2D eigenvalue weighted by Gasteiger charge is 2.43. The van der Waals surface area contributed by atoms with Crippen molar-refractivity contribution in [3.63, 3.8) is 0 Å². The van der Waals surface area contributed by atoms with Gasteiger partial charge in [-0.05, 0) is 32.7 Å². The second kappa shape index (κ2) is 8.65. The summed E-state index contributed by atoms with van der Waals surface area (Å²) in [6, 6.07) is -0.0713.